The van der Waals surface area contributed by atoms with E-state index in [-0.39, 0.29) is 0 Å². The van der Waals surface area contributed by atoms with Crippen molar-refractivity contribution in [2.24, 2.45) is 0 Å². The van der Waals surface area contributed by atoms with Gasteiger partial charge in [-0.05, 0) is 44.5 Å². The fraction of sp³-hybridized carbons (Fsp3) is 0.333. The molecule has 21 heavy (non-hydrogen) atoms. The van der Waals surface area contributed by atoms with E-state index < -0.39 is 0 Å². The summed E-state index contributed by atoms with van der Waals surface area (Å²) in [4.78, 5) is 9.30. The van der Waals surface area contributed by atoms with Gasteiger partial charge >= 0.3 is 0 Å². The molecule has 3 nitrogen and oxygen atoms in total. The first kappa shape index (κ1) is 13.8. The number of nitrogens with zero attached hydrogens (tertiary/aromatic N) is 3. The van der Waals surface area contributed by atoms with Crippen LogP contribution >= 0.6 is 0 Å². The minimum absolute atomic E-state index is 0.342. The van der Waals surface area contributed by atoms with E-state index in [1.54, 1.807) is 0 Å². The van der Waals surface area contributed by atoms with Gasteiger partial charge < -0.3 is 4.57 Å². The molecule has 0 N–H and O–H groups in total. The first-order chi connectivity index (χ1) is 10.2. The van der Waals surface area contributed by atoms with Crippen LogP contribution in [0.2, 0.25) is 0 Å². The average molecular weight is 279 g/mol. The van der Waals surface area contributed by atoms with Crippen LogP contribution < -0.4 is 0 Å². The smallest absolute Gasteiger partial charge is 0.113 e. The summed E-state index contributed by atoms with van der Waals surface area (Å²) in [6.07, 6.45) is 2.77. The second-order valence-electron chi connectivity index (χ2n) is 5.85. The Bertz CT molecular complexity index is 729. The van der Waals surface area contributed by atoms with Gasteiger partial charge in [-0.3, -0.25) is 4.98 Å². The predicted molar refractivity (Wildman–Crippen MR) is 86.5 cm³/mol. The normalized spacial score (nSPS) is 13.0. The van der Waals surface area contributed by atoms with Crippen LogP contribution in [0, 0.1) is 0 Å². The van der Waals surface area contributed by atoms with Crippen molar-refractivity contribution in [2.45, 2.75) is 39.2 Å². The number of hydrogen-bond acceptors (Lipinski definition) is 2. The molecule has 1 aromatic carbocycles. The number of aromatic nitrogens is 3. The Labute approximate surface area is 125 Å². The van der Waals surface area contributed by atoms with Gasteiger partial charge in [-0.15, -0.1) is 0 Å². The highest BCUT2D eigenvalue weighted by atomic mass is 15.1. The van der Waals surface area contributed by atoms with Crippen molar-refractivity contribution < 1.29 is 0 Å². The van der Waals surface area contributed by atoms with Crippen LogP contribution in [0.5, 0.6) is 0 Å². The van der Waals surface area contributed by atoms with E-state index in [9.17, 15) is 0 Å². The number of imidazole rings is 1. The van der Waals surface area contributed by atoms with Crippen molar-refractivity contribution in [1.29, 1.82) is 0 Å². The summed E-state index contributed by atoms with van der Waals surface area (Å²) < 4.78 is 2.35. The molecule has 0 saturated carbocycles. The van der Waals surface area contributed by atoms with Gasteiger partial charge in [0.2, 0.25) is 0 Å². The number of benzene rings is 1. The third-order valence-corrected chi connectivity index (χ3v) is 3.82. The molecule has 1 atom stereocenters. The van der Waals surface area contributed by atoms with Gasteiger partial charge in [0.1, 0.15) is 5.82 Å². The quantitative estimate of drug-likeness (QED) is 0.710. The molecule has 2 aromatic heterocycles. The van der Waals surface area contributed by atoms with Crippen LogP contribution in [-0.2, 0) is 6.42 Å². The summed E-state index contributed by atoms with van der Waals surface area (Å²) in [7, 11) is 0. The number of rotatable bonds is 4. The summed E-state index contributed by atoms with van der Waals surface area (Å²) in [6, 6.07) is 14.9. The Morgan fingerprint density at radius 1 is 1.00 bits per heavy atom. The van der Waals surface area contributed by atoms with Gasteiger partial charge in [-0.25, -0.2) is 4.98 Å². The zero-order valence-electron chi connectivity index (χ0n) is 12.8. The topological polar surface area (TPSA) is 30.7 Å². The van der Waals surface area contributed by atoms with Gasteiger partial charge in [0.25, 0.3) is 0 Å². The van der Waals surface area contributed by atoms with Crippen molar-refractivity contribution in [1.82, 2.24) is 14.5 Å². The molecule has 0 fully saturated rings. The van der Waals surface area contributed by atoms with Gasteiger partial charge in [0.15, 0.2) is 0 Å². The van der Waals surface area contributed by atoms with Crippen LogP contribution in [-0.4, -0.2) is 14.5 Å². The Balaban J connectivity index is 2.01. The zero-order chi connectivity index (χ0) is 14.8. The van der Waals surface area contributed by atoms with Crippen molar-refractivity contribution >= 4 is 11.0 Å². The maximum absolute atomic E-state index is 4.87. The fourth-order valence-corrected chi connectivity index (χ4v) is 2.88. The van der Waals surface area contributed by atoms with Crippen molar-refractivity contribution in [3.05, 3.63) is 60.2 Å². The van der Waals surface area contributed by atoms with Crippen LogP contribution in [0.25, 0.3) is 11.0 Å². The molecular weight excluding hydrogens is 258 g/mol. The van der Waals surface area contributed by atoms with Crippen molar-refractivity contribution in [3.63, 3.8) is 0 Å². The Kier molecular flexibility index (Phi) is 3.74. The highest BCUT2D eigenvalue weighted by Crippen LogP contribution is 2.27. The lowest BCUT2D eigenvalue weighted by Gasteiger charge is -2.17. The second kappa shape index (κ2) is 5.68. The van der Waals surface area contributed by atoms with Gasteiger partial charge in [0.05, 0.1) is 11.0 Å². The van der Waals surface area contributed by atoms with Crippen molar-refractivity contribution in [2.75, 3.05) is 0 Å². The first-order valence-corrected chi connectivity index (χ1v) is 7.53. The molecule has 3 heteroatoms. The minimum Gasteiger partial charge on any atom is -0.325 e. The molecule has 0 saturated heterocycles. The third kappa shape index (κ3) is 2.68. The zero-order valence-corrected chi connectivity index (χ0v) is 12.8. The van der Waals surface area contributed by atoms with Gasteiger partial charge in [-0.2, -0.15) is 0 Å². The van der Waals surface area contributed by atoms with Crippen LogP contribution in [0.1, 0.15) is 44.2 Å². The number of hydrogen-bond donors (Lipinski definition) is 0. The lowest BCUT2D eigenvalue weighted by Crippen LogP contribution is -2.11. The summed E-state index contributed by atoms with van der Waals surface area (Å²) in [5.74, 6) is 1.49. The number of para-hydroxylation sites is 2. The summed E-state index contributed by atoms with van der Waals surface area (Å²) in [5, 5.41) is 0. The van der Waals surface area contributed by atoms with E-state index >= 15 is 0 Å². The Morgan fingerprint density at radius 3 is 2.48 bits per heavy atom. The second-order valence-corrected chi connectivity index (χ2v) is 5.85. The van der Waals surface area contributed by atoms with Crippen LogP contribution in [0.4, 0.5) is 0 Å². The predicted octanol–water partition coefficient (Wildman–Crippen LogP) is 4.36. The summed E-state index contributed by atoms with van der Waals surface area (Å²) >= 11 is 0. The maximum Gasteiger partial charge on any atom is 0.113 e. The summed E-state index contributed by atoms with van der Waals surface area (Å²) in [5.41, 5.74) is 3.41. The van der Waals surface area contributed by atoms with E-state index in [2.05, 4.69) is 54.6 Å². The lowest BCUT2D eigenvalue weighted by molar-refractivity contribution is 0.547. The van der Waals surface area contributed by atoms with Gasteiger partial charge in [0, 0.05) is 23.9 Å². The molecule has 0 amide bonds. The monoisotopic (exact) mass is 279 g/mol. The Morgan fingerprint density at radius 2 is 1.76 bits per heavy atom. The molecule has 0 spiro atoms. The highest BCUT2D eigenvalue weighted by Gasteiger charge is 2.18. The van der Waals surface area contributed by atoms with Crippen LogP contribution in [0.3, 0.4) is 0 Å². The molecule has 0 bridgehead atoms. The Hall–Kier alpha value is -2.16. The highest BCUT2D eigenvalue weighted by molar-refractivity contribution is 5.76. The van der Waals surface area contributed by atoms with E-state index in [1.807, 2.05) is 24.4 Å². The number of pyridine rings is 1. The molecular formula is C18H21N3. The SMILES string of the molecule is CC(Cc1ccccn1)c1nc2ccccc2n1C(C)C. The standard InChI is InChI=1S/C18H21N3/c1-13(2)21-17-10-5-4-9-16(17)20-18(21)14(3)12-15-8-6-7-11-19-15/h4-11,13-14H,12H2,1-3H3. The molecule has 2 heterocycles. The number of fused-ring (bicyclic) bond motifs is 1. The molecule has 0 radical (unpaired) electrons. The largest absolute Gasteiger partial charge is 0.325 e. The fourth-order valence-electron chi connectivity index (χ4n) is 2.88. The lowest BCUT2D eigenvalue weighted by atomic mass is 10.0. The van der Waals surface area contributed by atoms with Gasteiger partial charge in [-0.1, -0.05) is 25.1 Å². The molecule has 0 aliphatic carbocycles. The van der Waals surface area contributed by atoms with E-state index in [0.717, 1.165) is 23.5 Å². The summed E-state index contributed by atoms with van der Waals surface area (Å²) in [6.45, 7) is 6.66. The molecule has 1 unspecified atom stereocenters. The maximum atomic E-state index is 4.87. The van der Waals surface area contributed by atoms with E-state index in [1.165, 1.54) is 5.52 Å². The third-order valence-electron chi connectivity index (χ3n) is 3.82. The molecule has 0 aliphatic heterocycles. The molecule has 108 valence electrons. The molecule has 3 aromatic rings. The minimum atomic E-state index is 0.342. The van der Waals surface area contributed by atoms with Crippen LogP contribution in [0.15, 0.2) is 48.7 Å². The molecule has 3 rings (SSSR count). The average Bonchev–Trinajstić information content (AvgIpc) is 2.88. The van der Waals surface area contributed by atoms with Crippen molar-refractivity contribution in [3.8, 4) is 0 Å². The van der Waals surface area contributed by atoms with E-state index in [4.69, 9.17) is 4.98 Å². The molecule has 0 aliphatic rings. The van der Waals surface area contributed by atoms with E-state index in [0.29, 0.717) is 12.0 Å². The first-order valence-electron chi connectivity index (χ1n) is 7.53.